The van der Waals surface area contributed by atoms with E-state index < -0.39 is 0 Å². The van der Waals surface area contributed by atoms with E-state index in [1.165, 1.54) is 6.33 Å². The van der Waals surface area contributed by atoms with Gasteiger partial charge in [-0.1, -0.05) is 5.92 Å². The summed E-state index contributed by atoms with van der Waals surface area (Å²) in [5, 5.41) is 5.80. The third-order valence-electron chi connectivity index (χ3n) is 5.90. The highest BCUT2D eigenvalue weighted by Gasteiger charge is 2.16. The van der Waals surface area contributed by atoms with Crippen LogP contribution in [0.5, 0.6) is 0 Å². The summed E-state index contributed by atoms with van der Waals surface area (Å²) < 4.78 is 3.82. The molecule has 0 fully saturated rings. The predicted molar refractivity (Wildman–Crippen MR) is 141 cm³/mol. The first-order chi connectivity index (χ1) is 17.9. The Balaban J connectivity index is 1.53. The van der Waals surface area contributed by atoms with Crippen LogP contribution in [0.2, 0.25) is 0 Å². The van der Waals surface area contributed by atoms with E-state index in [1.54, 1.807) is 32.7 Å². The zero-order valence-electron chi connectivity index (χ0n) is 20.9. The van der Waals surface area contributed by atoms with Crippen LogP contribution in [0.1, 0.15) is 23.9 Å². The summed E-state index contributed by atoms with van der Waals surface area (Å²) in [5.41, 5.74) is 6.05. The number of nitrogens with one attached hydrogen (secondary N) is 2. The highest BCUT2D eigenvalue weighted by molar-refractivity contribution is 5.95. The van der Waals surface area contributed by atoms with Crippen molar-refractivity contribution in [3.63, 3.8) is 0 Å². The van der Waals surface area contributed by atoms with E-state index in [0.717, 1.165) is 28.0 Å². The maximum absolute atomic E-state index is 12.6. The third kappa shape index (κ3) is 5.07. The number of amides is 1. The average molecular weight is 492 g/mol. The summed E-state index contributed by atoms with van der Waals surface area (Å²) in [4.78, 5) is 34.5. The monoisotopic (exact) mass is 491 g/mol. The highest BCUT2D eigenvalue weighted by atomic mass is 16.2. The number of fused-ring (bicyclic) bond motifs is 1. The molecule has 5 rings (SSSR count). The maximum atomic E-state index is 12.6. The standard InChI is InChI=1S/C27H25N9O/c1-17-13-36(16-31-17)22-9-6-19(7-10-22)5-8-21-11-20(12-23(33-21)34-27(37)18(2)28-3)24-25-26(30-14-29-24)32-15-35(25)4/h6-7,9-16,18,28H,1-4H3,(H,33,34,37). The van der Waals surface area contributed by atoms with Crippen molar-refractivity contribution < 1.29 is 4.79 Å². The lowest BCUT2D eigenvalue weighted by Crippen LogP contribution is -2.35. The van der Waals surface area contributed by atoms with Gasteiger partial charge in [0.15, 0.2) is 5.65 Å². The van der Waals surface area contributed by atoms with Crippen LogP contribution in [-0.4, -0.2) is 53.1 Å². The van der Waals surface area contributed by atoms with Crippen LogP contribution in [0.25, 0.3) is 28.1 Å². The molecule has 2 N–H and O–H groups in total. The van der Waals surface area contributed by atoms with Gasteiger partial charge in [-0.25, -0.2) is 24.9 Å². The lowest BCUT2D eigenvalue weighted by molar-refractivity contribution is -0.117. The van der Waals surface area contributed by atoms with Gasteiger partial charge >= 0.3 is 0 Å². The van der Waals surface area contributed by atoms with Gasteiger partial charge in [-0.15, -0.1) is 0 Å². The molecule has 0 radical (unpaired) electrons. The van der Waals surface area contributed by atoms with Crippen LogP contribution in [0, 0.1) is 18.8 Å². The highest BCUT2D eigenvalue weighted by Crippen LogP contribution is 2.27. The Morgan fingerprint density at radius 1 is 1.03 bits per heavy atom. The van der Waals surface area contributed by atoms with Crippen LogP contribution < -0.4 is 10.6 Å². The number of hydrogen-bond acceptors (Lipinski definition) is 7. The molecule has 37 heavy (non-hydrogen) atoms. The summed E-state index contributed by atoms with van der Waals surface area (Å²) in [6.45, 7) is 3.73. The van der Waals surface area contributed by atoms with Gasteiger partial charge in [0, 0.05) is 30.1 Å². The van der Waals surface area contributed by atoms with Gasteiger partial charge in [0.2, 0.25) is 5.91 Å². The number of rotatable bonds is 5. The molecular weight excluding hydrogens is 466 g/mol. The Labute approximate surface area is 213 Å². The largest absolute Gasteiger partial charge is 0.331 e. The van der Waals surface area contributed by atoms with Crippen LogP contribution in [-0.2, 0) is 11.8 Å². The first-order valence-corrected chi connectivity index (χ1v) is 11.7. The van der Waals surface area contributed by atoms with E-state index in [-0.39, 0.29) is 11.9 Å². The number of nitrogens with zero attached hydrogens (tertiary/aromatic N) is 7. The minimum absolute atomic E-state index is 0.204. The fourth-order valence-corrected chi connectivity index (χ4v) is 3.78. The smallest absolute Gasteiger partial charge is 0.242 e. The first-order valence-electron chi connectivity index (χ1n) is 11.7. The number of pyridine rings is 1. The second kappa shape index (κ2) is 10.0. The van der Waals surface area contributed by atoms with Gasteiger partial charge in [-0.05, 0) is 63.2 Å². The normalized spacial score (nSPS) is 11.7. The number of carbonyl (C=O) groups excluding carboxylic acids is 1. The van der Waals surface area contributed by atoms with Crippen molar-refractivity contribution in [2.75, 3.05) is 12.4 Å². The molecule has 1 aromatic carbocycles. The average Bonchev–Trinajstić information content (AvgIpc) is 3.52. The molecule has 10 nitrogen and oxygen atoms in total. The van der Waals surface area contributed by atoms with Gasteiger partial charge in [0.05, 0.1) is 30.1 Å². The van der Waals surface area contributed by atoms with Gasteiger partial charge in [-0.2, -0.15) is 0 Å². The first kappa shape index (κ1) is 23.8. The minimum Gasteiger partial charge on any atom is -0.331 e. The zero-order chi connectivity index (χ0) is 25.9. The fourth-order valence-electron chi connectivity index (χ4n) is 3.78. The Morgan fingerprint density at radius 3 is 2.57 bits per heavy atom. The third-order valence-corrected chi connectivity index (χ3v) is 5.90. The summed E-state index contributed by atoms with van der Waals surface area (Å²) in [7, 11) is 3.61. The summed E-state index contributed by atoms with van der Waals surface area (Å²) in [6.07, 6.45) is 6.91. The zero-order valence-corrected chi connectivity index (χ0v) is 20.9. The number of imidazole rings is 2. The fraction of sp³-hybridized carbons (Fsp3) is 0.185. The summed E-state index contributed by atoms with van der Waals surface area (Å²) >= 11 is 0. The Bertz CT molecular complexity index is 1660. The van der Waals surface area contributed by atoms with E-state index >= 15 is 0 Å². The summed E-state index contributed by atoms with van der Waals surface area (Å²) in [5.74, 6) is 6.48. The van der Waals surface area contributed by atoms with E-state index in [9.17, 15) is 4.79 Å². The molecule has 0 spiro atoms. The van der Waals surface area contributed by atoms with Crippen LogP contribution in [0.3, 0.4) is 0 Å². The topological polar surface area (TPSA) is 115 Å². The number of carbonyl (C=O) groups is 1. The molecule has 0 aliphatic heterocycles. The van der Waals surface area contributed by atoms with Crippen molar-refractivity contribution in [3.05, 3.63) is 78.5 Å². The molecule has 10 heteroatoms. The molecule has 4 heterocycles. The maximum Gasteiger partial charge on any atom is 0.242 e. The molecule has 0 saturated carbocycles. The lowest BCUT2D eigenvalue weighted by atomic mass is 10.1. The van der Waals surface area contributed by atoms with Crippen molar-refractivity contribution in [3.8, 4) is 28.8 Å². The second-order valence-electron chi connectivity index (χ2n) is 8.60. The Kier molecular flexibility index (Phi) is 6.45. The Hall–Kier alpha value is -4.88. The quantitative estimate of drug-likeness (QED) is 0.363. The predicted octanol–water partition coefficient (Wildman–Crippen LogP) is 2.87. The van der Waals surface area contributed by atoms with E-state index in [0.29, 0.717) is 22.9 Å². The second-order valence-corrected chi connectivity index (χ2v) is 8.60. The molecule has 1 atom stereocenters. The number of aromatic nitrogens is 7. The van der Waals surface area contributed by atoms with Crippen molar-refractivity contribution in [2.45, 2.75) is 19.9 Å². The van der Waals surface area contributed by atoms with Crippen LogP contribution >= 0.6 is 0 Å². The minimum atomic E-state index is -0.388. The molecule has 0 bridgehead atoms. The summed E-state index contributed by atoms with van der Waals surface area (Å²) in [6, 6.07) is 11.1. The molecule has 1 amide bonds. The van der Waals surface area contributed by atoms with E-state index in [2.05, 4.69) is 47.4 Å². The number of aryl methyl sites for hydroxylation is 2. The molecular formula is C27H25N9O. The van der Waals surface area contributed by atoms with Crippen LogP contribution in [0.4, 0.5) is 5.82 Å². The number of likely N-dealkylation sites (N-methyl/N-ethyl adjacent to an activating group) is 1. The molecule has 1 unspecified atom stereocenters. The molecule has 0 aliphatic rings. The molecule has 184 valence electrons. The lowest BCUT2D eigenvalue weighted by Gasteiger charge is -2.12. The molecule has 5 aromatic rings. The van der Waals surface area contributed by atoms with Crippen molar-refractivity contribution in [1.29, 1.82) is 0 Å². The van der Waals surface area contributed by atoms with Crippen LogP contribution in [0.15, 0.2) is 61.6 Å². The van der Waals surface area contributed by atoms with Gasteiger partial charge in [-0.3, -0.25) is 4.79 Å². The number of hydrogen-bond donors (Lipinski definition) is 2. The van der Waals surface area contributed by atoms with E-state index in [4.69, 9.17) is 0 Å². The van der Waals surface area contributed by atoms with Crippen molar-refractivity contribution in [1.82, 2.24) is 39.4 Å². The van der Waals surface area contributed by atoms with Crippen molar-refractivity contribution >= 4 is 22.9 Å². The van der Waals surface area contributed by atoms with E-state index in [1.807, 2.05) is 59.6 Å². The Morgan fingerprint density at radius 2 is 1.84 bits per heavy atom. The molecule has 4 aromatic heterocycles. The van der Waals surface area contributed by atoms with Gasteiger partial charge in [0.25, 0.3) is 0 Å². The van der Waals surface area contributed by atoms with Gasteiger partial charge in [0.1, 0.15) is 23.4 Å². The molecule has 0 aliphatic carbocycles. The van der Waals surface area contributed by atoms with Gasteiger partial charge < -0.3 is 19.8 Å². The molecule has 0 saturated heterocycles. The van der Waals surface area contributed by atoms with Crippen molar-refractivity contribution in [2.24, 2.45) is 7.05 Å². The number of benzene rings is 1. The number of anilines is 1. The SMILES string of the molecule is CNC(C)C(=O)Nc1cc(-c2ncnc3ncn(C)c23)cc(C#Cc2ccc(-n3cnc(C)c3)cc2)n1.